The smallest absolute Gasteiger partial charge is 0.311 e. The Morgan fingerprint density at radius 1 is 1.21 bits per heavy atom. The van der Waals surface area contributed by atoms with Gasteiger partial charge in [0.2, 0.25) is 0 Å². The number of ether oxygens (including phenoxy) is 1. The number of nitrogens with one attached hydrogen (secondary N) is 1. The molecule has 4 aliphatic rings. The molecule has 0 aliphatic heterocycles. The first-order chi connectivity index (χ1) is 11.4. The lowest BCUT2D eigenvalue weighted by molar-refractivity contribution is -0.171. The molecule has 1 aromatic rings. The summed E-state index contributed by atoms with van der Waals surface area (Å²) in [5.74, 6) is 0.803. The highest BCUT2D eigenvalue weighted by Crippen LogP contribution is 2.62. The van der Waals surface area contributed by atoms with Crippen LogP contribution in [0.4, 0.5) is 0 Å². The first-order valence-corrected chi connectivity index (χ1v) is 8.78. The van der Waals surface area contributed by atoms with E-state index < -0.39 is 5.41 Å². The van der Waals surface area contributed by atoms with Gasteiger partial charge in [-0.3, -0.25) is 9.59 Å². The maximum Gasteiger partial charge on any atom is 0.311 e. The summed E-state index contributed by atoms with van der Waals surface area (Å²) >= 11 is 0. The second kappa shape index (κ2) is 5.30. The molecule has 4 fully saturated rings. The molecular formula is C19H24N2O3. The molecule has 5 rings (SSSR count). The standard InChI is InChI=1S/C19H24N2O3/c1-12-4-3-5-15(20-12)16(22)21-19-9-13-6-14(10-19)8-18(7-13,11-19)17(23)24-2/h3-5,13-14H,6-11H2,1-2H3,(H,21,22). The predicted octanol–water partition coefficient (Wildman–Crippen LogP) is 2.63. The van der Waals surface area contributed by atoms with Gasteiger partial charge in [-0.25, -0.2) is 4.98 Å². The maximum absolute atomic E-state index is 12.7. The van der Waals surface area contributed by atoms with Crippen LogP contribution in [0.1, 0.15) is 54.7 Å². The zero-order valence-corrected chi connectivity index (χ0v) is 14.3. The zero-order valence-electron chi connectivity index (χ0n) is 14.3. The third-order valence-corrected chi connectivity index (χ3v) is 6.18. The van der Waals surface area contributed by atoms with E-state index >= 15 is 0 Å². The van der Waals surface area contributed by atoms with Crippen molar-refractivity contribution < 1.29 is 14.3 Å². The van der Waals surface area contributed by atoms with E-state index in [9.17, 15) is 9.59 Å². The minimum absolute atomic E-state index is 0.0936. The lowest BCUT2D eigenvalue weighted by Crippen LogP contribution is -2.65. The van der Waals surface area contributed by atoms with Crippen LogP contribution >= 0.6 is 0 Å². The molecule has 1 N–H and O–H groups in total. The van der Waals surface area contributed by atoms with E-state index in [1.165, 1.54) is 13.5 Å². The molecule has 1 amide bonds. The summed E-state index contributed by atoms with van der Waals surface area (Å²) in [6.07, 6.45) is 5.66. The Bertz CT molecular complexity index is 686. The molecule has 0 aromatic carbocycles. The molecule has 2 unspecified atom stereocenters. The monoisotopic (exact) mass is 328 g/mol. The molecule has 128 valence electrons. The van der Waals surface area contributed by atoms with Crippen molar-refractivity contribution in [1.29, 1.82) is 0 Å². The van der Waals surface area contributed by atoms with Gasteiger partial charge < -0.3 is 10.1 Å². The Morgan fingerprint density at radius 3 is 2.54 bits per heavy atom. The predicted molar refractivity (Wildman–Crippen MR) is 88.3 cm³/mol. The Balaban J connectivity index is 1.61. The van der Waals surface area contributed by atoms with Crippen LogP contribution in [0.25, 0.3) is 0 Å². The van der Waals surface area contributed by atoms with Crippen molar-refractivity contribution in [1.82, 2.24) is 10.3 Å². The van der Waals surface area contributed by atoms with Crippen molar-refractivity contribution >= 4 is 11.9 Å². The van der Waals surface area contributed by atoms with E-state index in [1.807, 2.05) is 19.1 Å². The highest BCUT2D eigenvalue weighted by molar-refractivity contribution is 5.93. The van der Waals surface area contributed by atoms with Gasteiger partial charge in [-0.1, -0.05) is 6.07 Å². The van der Waals surface area contributed by atoms with Gasteiger partial charge in [0, 0.05) is 11.2 Å². The van der Waals surface area contributed by atoms with Gasteiger partial charge in [0.05, 0.1) is 12.5 Å². The second-order valence-corrected chi connectivity index (χ2v) is 8.13. The summed E-state index contributed by atoms with van der Waals surface area (Å²) in [5.41, 5.74) is 0.615. The van der Waals surface area contributed by atoms with Gasteiger partial charge in [-0.05, 0) is 69.4 Å². The average molecular weight is 328 g/mol. The Labute approximate surface area is 142 Å². The summed E-state index contributed by atoms with van der Waals surface area (Å²) in [7, 11) is 1.48. The summed E-state index contributed by atoms with van der Waals surface area (Å²) in [5, 5.41) is 3.26. The number of amides is 1. The number of esters is 1. The number of nitrogens with zero attached hydrogens (tertiary/aromatic N) is 1. The van der Waals surface area contributed by atoms with E-state index in [4.69, 9.17) is 4.74 Å². The van der Waals surface area contributed by atoms with Crippen LogP contribution in [0.3, 0.4) is 0 Å². The molecule has 5 nitrogen and oxygen atoms in total. The Kier molecular flexibility index (Phi) is 3.44. The van der Waals surface area contributed by atoms with Crippen LogP contribution in [-0.4, -0.2) is 29.5 Å². The summed E-state index contributed by atoms with van der Waals surface area (Å²) in [6, 6.07) is 5.49. The highest BCUT2D eigenvalue weighted by atomic mass is 16.5. The molecule has 4 bridgehead atoms. The molecule has 1 aromatic heterocycles. The van der Waals surface area contributed by atoms with Crippen LogP contribution in [-0.2, 0) is 9.53 Å². The van der Waals surface area contributed by atoms with Crippen molar-refractivity contribution in [2.24, 2.45) is 17.3 Å². The van der Waals surface area contributed by atoms with Crippen LogP contribution in [0.2, 0.25) is 0 Å². The number of methoxy groups -OCH3 is 1. The molecule has 2 atom stereocenters. The minimum atomic E-state index is -0.397. The lowest BCUT2D eigenvalue weighted by atomic mass is 9.47. The number of rotatable bonds is 3. The highest BCUT2D eigenvalue weighted by Gasteiger charge is 2.61. The number of hydrogen-bond acceptors (Lipinski definition) is 4. The molecule has 4 aliphatic carbocycles. The van der Waals surface area contributed by atoms with Crippen molar-refractivity contribution in [3.8, 4) is 0 Å². The molecule has 1 heterocycles. The van der Waals surface area contributed by atoms with Crippen LogP contribution in [0, 0.1) is 24.2 Å². The Hall–Kier alpha value is -1.91. The topological polar surface area (TPSA) is 68.3 Å². The second-order valence-electron chi connectivity index (χ2n) is 8.13. The quantitative estimate of drug-likeness (QED) is 0.866. The zero-order chi connectivity index (χ0) is 16.9. The first-order valence-electron chi connectivity index (χ1n) is 8.78. The van der Waals surface area contributed by atoms with Gasteiger partial charge in [-0.2, -0.15) is 0 Å². The van der Waals surface area contributed by atoms with Gasteiger partial charge in [0.15, 0.2) is 0 Å². The summed E-state index contributed by atoms with van der Waals surface area (Å²) in [4.78, 5) is 29.5. The minimum Gasteiger partial charge on any atom is -0.469 e. The van der Waals surface area contributed by atoms with E-state index in [0.29, 0.717) is 24.0 Å². The van der Waals surface area contributed by atoms with E-state index in [0.717, 1.165) is 31.4 Å². The third kappa shape index (κ3) is 2.41. The van der Waals surface area contributed by atoms with Crippen LogP contribution in [0.15, 0.2) is 18.2 Å². The fourth-order valence-corrected chi connectivity index (χ4v) is 5.84. The lowest BCUT2D eigenvalue weighted by Gasteiger charge is -2.60. The Morgan fingerprint density at radius 2 is 1.92 bits per heavy atom. The summed E-state index contributed by atoms with van der Waals surface area (Å²) in [6.45, 7) is 1.88. The van der Waals surface area contributed by atoms with Gasteiger partial charge in [-0.15, -0.1) is 0 Å². The molecule has 5 heteroatoms. The molecule has 24 heavy (non-hydrogen) atoms. The van der Waals surface area contributed by atoms with Crippen LogP contribution < -0.4 is 5.32 Å². The van der Waals surface area contributed by atoms with Crippen LogP contribution in [0.5, 0.6) is 0 Å². The molecule has 0 spiro atoms. The van der Waals surface area contributed by atoms with Crippen molar-refractivity contribution in [3.05, 3.63) is 29.6 Å². The van der Waals surface area contributed by atoms with Gasteiger partial charge >= 0.3 is 5.97 Å². The number of carbonyl (C=O) groups excluding carboxylic acids is 2. The summed E-state index contributed by atoms with van der Waals surface area (Å²) < 4.78 is 5.12. The van der Waals surface area contributed by atoms with Gasteiger partial charge in [0.1, 0.15) is 5.69 Å². The number of aryl methyl sites for hydroxylation is 1. The average Bonchev–Trinajstić information content (AvgIpc) is 2.52. The van der Waals surface area contributed by atoms with Crippen molar-refractivity contribution in [2.75, 3.05) is 7.11 Å². The largest absolute Gasteiger partial charge is 0.469 e. The molecule has 0 saturated heterocycles. The normalized spacial score (nSPS) is 36.4. The van der Waals surface area contributed by atoms with E-state index in [-0.39, 0.29) is 17.4 Å². The fraction of sp³-hybridized carbons (Fsp3) is 0.632. The number of hydrogen-bond donors (Lipinski definition) is 1. The molecule has 0 radical (unpaired) electrons. The number of pyridine rings is 1. The number of carbonyl (C=O) groups is 2. The third-order valence-electron chi connectivity index (χ3n) is 6.18. The fourth-order valence-electron chi connectivity index (χ4n) is 5.84. The number of aromatic nitrogens is 1. The van der Waals surface area contributed by atoms with Gasteiger partial charge in [0.25, 0.3) is 5.91 Å². The van der Waals surface area contributed by atoms with E-state index in [1.54, 1.807) is 6.07 Å². The van der Waals surface area contributed by atoms with Crippen molar-refractivity contribution in [3.63, 3.8) is 0 Å². The SMILES string of the molecule is COC(=O)C12CC3CC(CC(NC(=O)c4cccc(C)n4)(C3)C1)C2. The molecule has 4 saturated carbocycles. The van der Waals surface area contributed by atoms with E-state index in [2.05, 4.69) is 10.3 Å². The first kappa shape index (κ1) is 15.6. The van der Waals surface area contributed by atoms with Crippen molar-refractivity contribution in [2.45, 2.75) is 51.0 Å². The molecular weight excluding hydrogens is 304 g/mol. The maximum atomic E-state index is 12.7.